The normalized spacial score (nSPS) is 16.5. The lowest BCUT2D eigenvalue weighted by atomic mass is 10.0. The number of benzene rings is 2. The average Bonchev–Trinajstić information content (AvgIpc) is 3.01. The van der Waals surface area contributed by atoms with E-state index in [-0.39, 0.29) is 11.3 Å². The lowest BCUT2D eigenvalue weighted by molar-refractivity contribution is -0.129. The molecule has 0 fully saturated rings. The SMILES string of the molecule is Cc1cc(COc2ccc(N3C(CC(=O)NO)c4ccccc4S3(=O)=O)cc2)c(C)cn1. The highest BCUT2D eigenvalue weighted by atomic mass is 32.2. The van der Waals surface area contributed by atoms with Gasteiger partial charge in [-0.2, -0.15) is 0 Å². The number of carbonyl (C=O) groups excluding carboxylic acids is 1. The topological polar surface area (TPSA) is 109 Å². The van der Waals surface area contributed by atoms with Crippen LogP contribution in [0.2, 0.25) is 0 Å². The maximum Gasteiger partial charge on any atom is 0.265 e. The number of aryl methyl sites for hydroxylation is 2. The summed E-state index contributed by atoms with van der Waals surface area (Å²) in [5, 5.41) is 8.97. The number of carbonyl (C=O) groups is 1. The van der Waals surface area contributed by atoms with E-state index in [1.807, 2.05) is 19.9 Å². The van der Waals surface area contributed by atoms with Gasteiger partial charge in [0.2, 0.25) is 5.91 Å². The highest BCUT2D eigenvalue weighted by Gasteiger charge is 2.43. The molecular formula is C23H23N3O5S. The van der Waals surface area contributed by atoms with Crippen molar-refractivity contribution >= 4 is 21.6 Å². The fourth-order valence-corrected chi connectivity index (χ4v) is 5.70. The summed E-state index contributed by atoms with van der Waals surface area (Å²) in [6.07, 6.45) is 1.58. The first kappa shape index (κ1) is 21.8. The quantitative estimate of drug-likeness (QED) is 0.437. The van der Waals surface area contributed by atoms with Crippen LogP contribution in [0.15, 0.2) is 65.7 Å². The fraction of sp³-hybridized carbons (Fsp3) is 0.217. The van der Waals surface area contributed by atoms with Crippen molar-refractivity contribution in [3.8, 4) is 5.75 Å². The van der Waals surface area contributed by atoms with Crippen molar-refractivity contribution in [2.75, 3.05) is 4.31 Å². The molecule has 1 aromatic heterocycles. The summed E-state index contributed by atoms with van der Waals surface area (Å²) in [4.78, 5) is 16.3. The van der Waals surface area contributed by atoms with Gasteiger partial charge in [-0.1, -0.05) is 18.2 Å². The van der Waals surface area contributed by atoms with Crippen molar-refractivity contribution in [3.63, 3.8) is 0 Å². The standard InChI is InChI=1S/C23H23N3O5S/c1-15-13-24-16(2)11-17(15)14-31-19-9-7-18(8-10-19)26-21(12-23(27)25-28)20-5-3-4-6-22(20)32(26,29)30/h3-11,13,21,28H,12,14H2,1-2H3,(H,25,27). The second-order valence-corrected chi connectivity index (χ2v) is 9.41. The number of hydroxylamine groups is 1. The van der Waals surface area contributed by atoms with Gasteiger partial charge >= 0.3 is 0 Å². The number of rotatable bonds is 6. The Bertz CT molecular complexity index is 1260. The van der Waals surface area contributed by atoms with Crippen LogP contribution < -0.4 is 14.5 Å². The van der Waals surface area contributed by atoms with Crippen molar-refractivity contribution in [2.45, 2.75) is 37.8 Å². The highest BCUT2D eigenvalue weighted by Crippen LogP contribution is 2.44. The van der Waals surface area contributed by atoms with Crippen molar-refractivity contribution in [1.29, 1.82) is 0 Å². The molecule has 32 heavy (non-hydrogen) atoms. The third kappa shape index (κ3) is 4.04. The lowest BCUT2D eigenvalue weighted by Crippen LogP contribution is -2.32. The molecule has 0 bridgehead atoms. The third-order valence-corrected chi connectivity index (χ3v) is 7.35. The van der Waals surface area contributed by atoms with Gasteiger partial charge in [0.1, 0.15) is 12.4 Å². The zero-order chi connectivity index (χ0) is 22.9. The summed E-state index contributed by atoms with van der Waals surface area (Å²) in [5.41, 5.74) is 5.46. The van der Waals surface area contributed by atoms with Gasteiger partial charge in [0.15, 0.2) is 0 Å². The maximum absolute atomic E-state index is 13.2. The van der Waals surface area contributed by atoms with Gasteiger partial charge in [-0.3, -0.25) is 19.3 Å². The van der Waals surface area contributed by atoms with Crippen LogP contribution in [-0.2, 0) is 21.4 Å². The molecule has 1 atom stereocenters. The first-order valence-corrected chi connectivity index (χ1v) is 11.5. The monoisotopic (exact) mass is 453 g/mol. The Morgan fingerprint density at radius 1 is 1.16 bits per heavy atom. The second kappa shape index (κ2) is 8.60. The largest absolute Gasteiger partial charge is 0.489 e. The molecule has 0 saturated carbocycles. The average molecular weight is 454 g/mol. The lowest BCUT2D eigenvalue weighted by Gasteiger charge is -2.25. The van der Waals surface area contributed by atoms with Crippen LogP contribution in [0.4, 0.5) is 5.69 Å². The molecule has 0 spiro atoms. The molecule has 2 N–H and O–H groups in total. The minimum absolute atomic E-state index is 0.152. The zero-order valence-electron chi connectivity index (χ0n) is 17.6. The van der Waals surface area contributed by atoms with Crippen molar-refractivity contribution < 1.29 is 23.2 Å². The summed E-state index contributed by atoms with van der Waals surface area (Å²) in [6, 6.07) is 14.4. The molecule has 1 aliphatic rings. The van der Waals surface area contributed by atoms with E-state index in [4.69, 9.17) is 9.94 Å². The van der Waals surface area contributed by atoms with Gasteiger partial charge in [0.05, 0.1) is 23.0 Å². The third-order valence-electron chi connectivity index (χ3n) is 5.44. The van der Waals surface area contributed by atoms with E-state index in [0.29, 0.717) is 23.6 Å². The Balaban J connectivity index is 1.60. The van der Waals surface area contributed by atoms with E-state index < -0.39 is 22.0 Å². The molecule has 166 valence electrons. The number of nitrogens with zero attached hydrogens (tertiary/aromatic N) is 2. The van der Waals surface area contributed by atoms with Crippen molar-refractivity contribution in [2.24, 2.45) is 0 Å². The molecule has 9 heteroatoms. The molecule has 8 nitrogen and oxygen atoms in total. The first-order chi connectivity index (χ1) is 15.3. The number of amides is 1. The van der Waals surface area contributed by atoms with Gasteiger partial charge in [-0.05, 0) is 66.9 Å². The van der Waals surface area contributed by atoms with Crippen LogP contribution in [0.25, 0.3) is 0 Å². The predicted octanol–water partition coefficient (Wildman–Crippen LogP) is 3.42. The molecule has 3 aromatic rings. The van der Waals surface area contributed by atoms with E-state index in [1.54, 1.807) is 54.1 Å². The summed E-state index contributed by atoms with van der Waals surface area (Å²) in [5.74, 6) is -0.0868. The number of hydrogen-bond acceptors (Lipinski definition) is 6. The smallest absolute Gasteiger partial charge is 0.265 e. The Labute approximate surface area is 186 Å². The number of aromatic nitrogens is 1. The van der Waals surface area contributed by atoms with Gasteiger partial charge in [0, 0.05) is 11.9 Å². The minimum atomic E-state index is -3.86. The zero-order valence-corrected chi connectivity index (χ0v) is 18.5. The van der Waals surface area contributed by atoms with Gasteiger partial charge in [0.25, 0.3) is 10.0 Å². The summed E-state index contributed by atoms with van der Waals surface area (Å²) < 4.78 is 33.5. The number of anilines is 1. The number of fused-ring (bicyclic) bond motifs is 1. The van der Waals surface area contributed by atoms with E-state index in [9.17, 15) is 13.2 Å². The molecule has 1 aliphatic heterocycles. The molecule has 0 saturated heterocycles. The Morgan fingerprint density at radius 3 is 2.59 bits per heavy atom. The number of nitrogens with one attached hydrogen (secondary N) is 1. The minimum Gasteiger partial charge on any atom is -0.489 e. The molecule has 2 heterocycles. The van der Waals surface area contributed by atoms with E-state index in [1.165, 1.54) is 10.4 Å². The van der Waals surface area contributed by atoms with Gasteiger partial charge in [-0.15, -0.1) is 0 Å². The van der Waals surface area contributed by atoms with Crippen LogP contribution in [-0.4, -0.2) is 24.5 Å². The van der Waals surface area contributed by atoms with E-state index in [2.05, 4.69) is 4.98 Å². The first-order valence-electron chi connectivity index (χ1n) is 10.0. The fourth-order valence-electron chi connectivity index (χ4n) is 3.81. The van der Waals surface area contributed by atoms with Gasteiger partial charge < -0.3 is 4.74 Å². The van der Waals surface area contributed by atoms with Crippen LogP contribution in [0.1, 0.15) is 34.8 Å². The van der Waals surface area contributed by atoms with Crippen molar-refractivity contribution in [1.82, 2.24) is 10.5 Å². The Hall–Kier alpha value is -3.43. The Morgan fingerprint density at radius 2 is 1.88 bits per heavy atom. The predicted molar refractivity (Wildman–Crippen MR) is 118 cm³/mol. The van der Waals surface area contributed by atoms with E-state index in [0.717, 1.165) is 16.8 Å². The van der Waals surface area contributed by atoms with E-state index >= 15 is 0 Å². The Kier molecular flexibility index (Phi) is 5.86. The molecule has 4 rings (SSSR count). The number of pyridine rings is 1. The van der Waals surface area contributed by atoms with Crippen molar-refractivity contribution in [3.05, 3.63) is 83.2 Å². The molecule has 1 unspecified atom stereocenters. The van der Waals surface area contributed by atoms with Crippen LogP contribution in [0.3, 0.4) is 0 Å². The van der Waals surface area contributed by atoms with Crippen LogP contribution in [0, 0.1) is 13.8 Å². The molecule has 2 aromatic carbocycles. The molecule has 0 radical (unpaired) electrons. The molecular weight excluding hydrogens is 430 g/mol. The summed E-state index contributed by atoms with van der Waals surface area (Å²) in [6.45, 7) is 4.24. The van der Waals surface area contributed by atoms with Crippen LogP contribution in [0.5, 0.6) is 5.75 Å². The number of sulfonamides is 1. The second-order valence-electron chi connectivity index (χ2n) is 7.63. The summed E-state index contributed by atoms with van der Waals surface area (Å²) in [7, 11) is -3.86. The number of hydrogen-bond donors (Lipinski definition) is 2. The highest BCUT2D eigenvalue weighted by molar-refractivity contribution is 7.93. The van der Waals surface area contributed by atoms with Gasteiger partial charge in [-0.25, -0.2) is 13.9 Å². The number of ether oxygens (including phenoxy) is 1. The summed E-state index contributed by atoms with van der Waals surface area (Å²) >= 11 is 0. The molecule has 0 aliphatic carbocycles. The van der Waals surface area contributed by atoms with Crippen LogP contribution >= 0.6 is 0 Å². The maximum atomic E-state index is 13.2. The molecule has 1 amide bonds.